The van der Waals surface area contributed by atoms with E-state index in [2.05, 4.69) is 15.5 Å². The smallest absolute Gasteiger partial charge is 0.255 e. The second-order valence-electron chi connectivity index (χ2n) is 10.1. The molecule has 7 nitrogen and oxygen atoms in total. The first-order chi connectivity index (χ1) is 17.8. The summed E-state index contributed by atoms with van der Waals surface area (Å²) in [5.74, 6) is -0.521. The van der Waals surface area contributed by atoms with Crippen LogP contribution in [0, 0.1) is 11.7 Å². The van der Waals surface area contributed by atoms with Gasteiger partial charge in [0.1, 0.15) is 5.82 Å². The van der Waals surface area contributed by atoms with Crippen LogP contribution in [0.4, 0.5) is 15.8 Å². The monoisotopic (exact) mass is 502 g/mol. The Bertz CT molecular complexity index is 1380. The molecule has 192 valence electrons. The standard InChI is InChI=1S/C29H31FN4O3/c1-3-18(2)31-29(37)21-9-12-26(24(14-21)32-28(36)20-7-10-23(30)11-8-20)33-15-19-13-22(17-33)25-5-4-6-27(35)34(25)16-19/h4-12,14,18-19,22H,3,13,15-17H2,1-2H3,(H,31,37)(H,32,36)/t18-,19-,22+/m1/s1. The molecule has 2 bridgehead atoms. The van der Waals surface area contributed by atoms with E-state index < -0.39 is 5.82 Å². The summed E-state index contributed by atoms with van der Waals surface area (Å²) in [5.41, 5.74) is 3.19. The number of nitrogens with one attached hydrogen (secondary N) is 2. The van der Waals surface area contributed by atoms with Gasteiger partial charge in [0, 0.05) is 54.5 Å². The molecule has 2 aliphatic rings. The van der Waals surface area contributed by atoms with Gasteiger partial charge in [-0.05, 0) is 74.2 Å². The summed E-state index contributed by atoms with van der Waals surface area (Å²) < 4.78 is 15.3. The van der Waals surface area contributed by atoms with Gasteiger partial charge in [0.2, 0.25) is 0 Å². The number of aromatic nitrogens is 1. The van der Waals surface area contributed by atoms with E-state index in [0.717, 1.165) is 30.8 Å². The van der Waals surface area contributed by atoms with Crippen molar-refractivity contribution >= 4 is 23.2 Å². The molecule has 0 unspecified atom stereocenters. The molecule has 8 heteroatoms. The van der Waals surface area contributed by atoms with Crippen LogP contribution in [0.3, 0.4) is 0 Å². The predicted molar refractivity (Wildman–Crippen MR) is 142 cm³/mol. The number of pyridine rings is 1. The number of benzene rings is 2. The Labute approximate surface area is 215 Å². The highest BCUT2D eigenvalue weighted by molar-refractivity contribution is 6.07. The zero-order valence-corrected chi connectivity index (χ0v) is 21.0. The fourth-order valence-electron chi connectivity index (χ4n) is 5.35. The number of carbonyl (C=O) groups excluding carboxylic acids is 2. The molecule has 3 heterocycles. The highest BCUT2D eigenvalue weighted by Crippen LogP contribution is 2.39. The van der Waals surface area contributed by atoms with E-state index in [4.69, 9.17) is 0 Å². The minimum atomic E-state index is -0.416. The van der Waals surface area contributed by atoms with Crippen molar-refractivity contribution in [3.63, 3.8) is 0 Å². The topological polar surface area (TPSA) is 83.4 Å². The number of hydrogen-bond acceptors (Lipinski definition) is 4. The van der Waals surface area contributed by atoms with Gasteiger partial charge in [-0.15, -0.1) is 0 Å². The van der Waals surface area contributed by atoms with Crippen molar-refractivity contribution in [2.75, 3.05) is 23.3 Å². The van der Waals surface area contributed by atoms with Gasteiger partial charge in [0.15, 0.2) is 0 Å². The van der Waals surface area contributed by atoms with Gasteiger partial charge in [0.25, 0.3) is 17.4 Å². The Morgan fingerprint density at radius 1 is 1.00 bits per heavy atom. The van der Waals surface area contributed by atoms with Crippen LogP contribution in [-0.4, -0.2) is 35.5 Å². The summed E-state index contributed by atoms with van der Waals surface area (Å²) in [7, 11) is 0. The van der Waals surface area contributed by atoms with Crippen molar-refractivity contribution in [1.29, 1.82) is 0 Å². The van der Waals surface area contributed by atoms with Crippen molar-refractivity contribution in [2.45, 2.75) is 45.2 Å². The van der Waals surface area contributed by atoms with Crippen LogP contribution in [0.25, 0.3) is 0 Å². The van der Waals surface area contributed by atoms with Crippen molar-refractivity contribution < 1.29 is 14.0 Å². The highest BCUT2D eigenvalue weighted by atomic mass is 19.1. The maximum atomic E-state index is 13.4. The quantitative estimate of drug-likeness (QED) is 0.524. The maximum absolute atomic E-state index is 13.4. The normalized spacial score (nSPS) is 19.1. The van der Waals surface area contributed by atoms with Crippen LogP contribution in [0.5, 0.6) is 0 Å². The molecular formula is C29H31FN4O3. The lowest BCUT2D eigenvalue weighted by atomic mass is 9.83. The summed E-state index contributed by atoms with van der Waals surface area (Å²) in [6.45, 7) is 6.03. The minimum absolute atomic E-state index is 0.0226. The number of halogens is 1. The van der Waals surface area contributed by atoms with Gasteiger partial charge in [-0.25, -0.2) is 4.39 Å². The fraction of sp³-hybridized carbons (Fsp3) is 0.345. The number of nitrogens with zero attached hydrogens (tertiary/aromatic N) is 2. The summed E-state index contributed by atoms with van der Waals surface area (Å²) in [4.78, 5) is 40.6. The van der Waals surface area contributed by atoms with Crippen LogP contribution < -0.4 is 21.1 Å². The summed E-state index contributed by atoms with van der Waals surface area (Å²) >= 11 is 0. The average molecular weight is 503 g/mol. The second-order valence-corrected chi connectivity index (χ2v) is 10.1. The largest absolute Gasteiger partial charge is 0.369 e. The lowest BCUT2D eigenvalue weighted by Gasteiger charge is -2.44. The van der Waals surface area contributed by atoms with Crippen molar-refractivity contribution in [3.8, 4) is 0 Å². The molecule has 0 radical (unpaired) electrons. The highest BCUT2D eigenvalue weighted by Gasteiger charge is 2.35. The molecule has 0 spiro atoms. The van der Waals surface area contributed by atoms with Crippen LogP contribution >= 0.6 is 0 Å². The Hall–Kier alpha value is -3.94. The number of piperidine rings is 1. The molecule has 5 rings (SSSR count). The number of hydrogen-bond donors (Lipinski definition) is 2. The van der Waals surface area contributed by atoms with E-state index >= 15 is 0 Å². The van der Waals surface area contributed by atoms with Gasteiger partial charge in [-0.3, -0.25) is 14.4 Å². The predicted octanol–water partition coefficient (Wildman–Crippen LogP) is 4.39. The van der Waals surface area contributed by atoms with Crippen LogP contribution in [0.2, 0.25) is 0 Å². The van der Waals surface area contributed by atoms with E-state index in [-0.39, 0.29) is 29.3 Å². The molecule has 3 atom stereocenters. The number of fused-ring (bicyclic) bond motifs is 4. The zero-order valence-electron chi connectivity index (χ0n) is 21.0. The van der Waals surface area contributed by atoms with Crippen molar-refractivity contribution in [3.05, 3.63) is 93.7 Å². The van der Waals surface area contributed by atoms with Crippen molar-refractivity contribution in [1.82, 2.24) is 9.88 Å². The van der Waals surface area contributed by atoms with Crippen LogP contribution in [0.15, 0.2) is 65.5 Å². The Morgan fingerprint density at radius 3 is 2.51 bits per heavy atom. The number of anilines is 2. The zero-order chi connectivity index (χ0) is 26.1. The Morgan fingerprint density at radius 2 is 1.76 bits per heavy atom. The molecule has 0 saturated carbocycles. The molecule has 0 aliphatic carbocycles. The third-order valence-electron chi connectivity index (χ3n) is 7.42. The molecule has 2 amide bonds. The molecular weight excluding hydrogens is 471 g/mol. The Kier molecular flexibility index (Phi) is 6.82. The van der Waals surface area contributed by atoms with Gasteiger partial charge >= 0.3 is 0 Å². The first-order valence-corrected chi connectivity index (χ1v) is 12.8. The van der Waals surface area contributed by atoms with E-state index in [1.165, 1.54) is 24.3 Å². The number of carbonyl (C=O) groups is 2. The molecule has 37 heavy (non-hydrogen) atoms. The third-order valence-corrected chi connectivity index (χ3v) is 7.42. The van der Waals surface area contributed by atoms with Gasteiger partial charge in [0.05, 0.1) is 11.4 Å². The molecule has 2 aliphatic heterocycles. The number of amides is 2. The van der Waals surface area contributed by atoms with Gasteiger partial charge in [-0.2, -0.15) is 0 Å². The molecule has 2 N–H and O–H groups in total. The fourth-order valence-corrected chi connectivity index (χ4v) is 5.35. The average Bonchev–Trinajstić information content (AvgIpc) is 2.89. The van der Waals surface area contributed by atoms with Crippen molar-refractivity contribution in [2.24, 2.45) is 5.92 Å². The first kappa shape index (κ1) is 24.7. The van der Waals surface area contributed by atoms with E-state index in [0.29, 0.717) is 35.8 Å². The van der Waals surface area contributed by atoms with Crippen LogP contribution in [-0.2, 0) is 6.54 Å². The first-order valence-electron chi connectivity index (χ1n) is 12.8. The molecule has 1 saturated heterocycles. The number of rotatable bonds is 6. The third kappa shape index (κ3) is 5.14. The maximum Gasteiger partial charge on any atom is 0.255 e. The second kappa shape index (κ2) is 10.2. The van der Waals surface area contributed by atoms with Crippen LogP contribution in [0.1, 0.15) is 59.0 Å². The summed E-state index contributed by atoms with van der Waals surface area (Å²) in [5, 5.41) is 5.93. The summed E-state index contributed by atoms with van der Waals surface area (Å²) in [6.07, 6.45) is 1.81. The van der Waals surface area contributed by atoms with E-state index in [9.17, 15) is 18.8 Å². The van der Waals surface area contributed by atoms with E-state index in [1.54, 1.807) is 18.2 Å². The molecule has 2 aromatic carbocycles. The molecule has 1 aromatic heterocycles. The molecule has 3 aromatic rings. The van der Waals surface area contributed by atoms with E-state index in [1.807, 2.05) is 36.6 Å². The Balaban J connectivity index is 1.47. The van der Waals surface area contributed by atoms with Gasteiger partial charge in [-0.1, -0.05) is 13.0 Å². The SMILES string of the molecule is CC[C@@H](C)NC(=O)c1ccc(N2C[C@H]3C[C@@H](C2)c2cccc(=O)n2C3)c(NC(=O)c2ccc(F)cc2)c1. The summed E-state index contributed by atoms with van der Waals surface area (Å²) in [6, 6.07) is 16.2. The minimum Gasteiger partial charge on any atom is -0.369 e. The lowest BCUT2D eigenvalue weighted by molar-refractivity contribution is 0.0938. The van der Waals surface area contributed by atoms with Gasteiger partial charge < -0.3 is 20.1 Å². The molecule has 1 fully saturated rings. The lowest BCUT2D eigenvalue weighted by Crippen LogP contribution is -2.47.